The topological polar surface area (TPSA) is 323 Å². The summed E-state index contributed by atoms with van der Waals surface area (Å²) in [6, 6.07) is 3.12. The monoisotopic (exact) mass is 708 g/mol. The van der Waals surface area contributed by atoms with E-state index in [2.05, 4.69) is 13.7 Å². The van der Waals surface area contributed by atoms with Gasteiger partial charge in [0.25, 0.3) is 0 Å². The number of nitro benzene ring substituents is 1. The van der Waals surface area contributed by atoms with Crippen LogP contribution in [0.4, 0.5) is 5.69 Å². The Hall–Kier alpha value is -0.650. The molecule has 45 heavy (non-hydrogen) atoms. The summed E-state index contributed by atoms with van der Waals surface area (Å²) in [6.45, 7) is -1.35. The van der Waals surface area contributed by atoms with Crippen LogP contribution in [0.3, 0.4) is 0 Å². The van der Waals surface area contributed by atoms with Crippen molar-refractivity contribution in [3.8, 4) is 5.75 Å². The van der Waals surface area contributed by atoms with Crippen LogP contribution in [0.5, 0.6) is 5.75 Å². The maximum Gasteiger partial charge on any atom is 1.00 e. The first-order chi connectivity index (χ1) is 19.9. The molecule has 1 aromatic rings. The van der Waals surface area contributed by atoms with Gasteiger partial charge < -0.3 is 53.8 Å². The Balaban J connectivity index is 0.00000506. The summed E-state index contributed by atoms with van der Waals surface area (Å²) in [4.78, 5) is 22.7. The van der Waals surface area contributed by atoms with Crippen LogP contribution < -0.4 is 69.2 Å². The Morgan fingerprint density at radius 3 is 1.91 bits per heavy atom. The molecule has 5 N–H and O–H groups in total. The number of amides is 1. The number of carbonyl (C=O) groups excluding carboxylic acids is 1. The molecule has 21 nitrogen and oxygen atoms in total. The molecule has 10 atom stereocenters. The third-order valence-corrected chi connectivity index (χ3v) is 6.91. The third kappa shape index (κ3) is 12.1. The molecule has 2 aliphatic heterocycles. The number of rotatable bonds is 12. The number of hydrogen-bond acceptors (Lipinski definition) is 19. The van der Waals surface area contributed by atoms with Crippen LogP contribution in [-0.4, -0.2) is 132 Å². The van der Waals surface area contributed by atoms with E-state index < -0.39 is 118 Å². The molecule has 3 rings (SSSR count). The summed E-state index contributed by atoms with van der Waals surface area (Å²) < 4.78 is 95.9. The number of hydrogen-bond donors (Lipinski definition) is 5. The normalized spacial score (nSPS) is 32.0. The van der Waals surface area contributed by atoms with Crippen LogP contribution in [0.15, 0.2) is 24.3 Å². The summed E-state index contributed by atoms with van der Waals surface area (Å²) in [6.07, 6.45) is -17.9. The second-order valence-corrected chi connectivity index (χ2v) is 11.2. The van der Waals surface area contributed by atoms with Crippen LogP contribution >= 0.6 is 0 Å². The predicted octanol–water partition coefficient (Wildman–Crippen LogP) is -10.3. The van der Waals surface area contributed by atoms with E-state index in [1.165, 1.54) is 12.1 Å². The van der Waals surface area contributed by atoms with Gasteiger partial charge in [-0.3, -0.25) is 23.3 Å². The van der Waals surface area contributed by atoms with E-state index in [4.69, 9.17) is 18.9 Å². The van der Waals surface area contributed by atoms with E-state index in [1.54, 1.807) is 0 Å². The van der Waals surface area contributed by atoms with Crippen molar-refractivity contribution in [3.63, 3.8) is 0 Å². The first-order valence-corrected chi connectivity index (χ1v) is 14.6. The molecule has 2 saturated heterocycles. The van der Waals surface area contributed by atoms with Crippen molar-refractivity contribution in [1.29, 1.82) is 0 Å². The minimum atomic E-state index is -5.36. The van der Waals surface area contributed by atoms with E-state index in [9.17, 15) is 61.3 Å². The molecule has 0 radical (unpaired) electrons. The first kappa shape index (κ1) is 42.4. The molecule has 1 amide bonds. The molecule has 25 heteroatoms. The van der Waals surface area contributed by atoms with E-state index in [1.807, 2.05) is 0 Å². The van der Waals surface area contributed by atoms with Crippen molar-refractivity contribution in [3.05, 3.63) is 34.4 Å². The van der Waals surface area contributed by atoms with Crippen LogP contribution in [-0.2, 0) is 48.2 Å². The fraction of sp³-hybridized carbons (Fsp3) is 0.650. The molecular formula is C20H26N2Na2O19S2. The van der Waals surface area contributed by atoms with Gasteiger partial charge in [-0.2, -0.15) is 0 Å². The standard InChI is InChI=1S/C20H28N2O19S2.2Na/c1-8(23)21-13-18(41-20-17(27)16(26)14(24)11(40-20)6-36-42(30,31)32)15(25)12(7-37-43(33,34)35)39-19(13)38-10-5-3-2-4-9(10)22(28)29;;/h2-5,11-20,24-27H,6-7H2,1H3,(H,21,23)(H,30,31,32)(H,33,34,35);;/q;2*+1/p-2. The van der Waals surface area contributed by atoms with Gasteiger partial charge in [-0.15, -0.1) is 0 Å². The summed E-state index contributed by atoms with van der Waals surface area (Å²) in [5, 5.41) is 55.7. The minimum Gasteiger partial charge on any atom is -0.726 e. The number of benzene rings is 1. The third-order valence-electron chi connectivity index (χ3n) is 6.06. The average Bonchev–Trinajstić information content (AvgIpc) is 2.89. The largest absolute Gasteiger partial charge is 1.00 e. The van der Waals surface area contributed by atoms with Gasteiger partial charge in [0.15, 0.2) is 12.0 Å². The number of carbonyl (C=O) groups is 1. The Labute approximate surface area is 299 Å². The van der Waals surface area contributed by atoms with Gasteiger partial charge in [0, 0.05) is 13.0 Å². The number of aliphatic hydroxyl groups excluding tert-OH is 4. The zero-order valence-corrected chi connectivity index (χ0v) is 29.3. The molecule has 2 fully saturated rings. The summed E-state index contributed by atoms with van der Waals surface area (Å²) in [7, 11) is -10.7. The quantitative estimate of drug-likeness (QED) is 0.0442. The SMILES string of the molecule is CC(=O)NC1C(Oc2ccccc2[N+](=O)[O-])OC(COS(=O)(=O)[O-])C(O)C1OC1OC(COS(=O)(=O)[O-])C(O)C(O)C1O.[Na+].[Na+]. The van der Waals surface area contributed by atoms with Crippen molar-refractivity contribution >= 4 is 32.4 Å². The summed E-state index contributed by atoms with van der Waals surface area (Å²) in [5.41, 5.74) is -0.592. The van der Waals surface area contributed by atoms with Gasteiger partial charge in [0.05, 0.1) is 18.1 Å². The maximum atomic E-state index is 12.1. The van der Waals surface area contributed by atoms with E-state index >= 15 is 0 Å². The fourth-order valence-electron chi connectivity index (χ4n) is 4.16. The van der Waals surface area contributed by atoms with Crippen molar-refractivity contribution in [1.82, 2.24) is 5.32 Å². The molecule has 2 aliphatic rings. The molecule has 0 aromatic heterocycles. The Morgan fingerprint density at radius 1 is 0.889 bits per heavy atom. The van der Waals surface area contributed by atoms with Gasteiger partial charge in [-0.25, -0.2) is 16.8 Å². The molecule has 10 unspecified atom stereocenters. The smallest absolute Gasteiger partial charge is 0.726 e. The Kier molecular flexibility index (Phi) is 16.6. The number of ether oxygens (including phenoxy) is 4. The van der Waals surface area contributed by atoms with E-state index in [-0.39, 0.29) is 59.1 Å². The number of aliphatic hydroxyl groups is 4. The molecule has 0 spiro atoms. The van der Waals surface area contributed by atoms with Gasteiger partial charge in [0.1, 0.15) is 48.8 Å². The number of nitrogens with one attached hydrogen (secondary N) is 1. The van der Waals surface area contributed by atoms with Crippen LogP contribution in [0, 0.1) is 10.1 Å². The maximum absolute atomic E-state index is 12.1. The number of para-hydroxylation sites is 2. The molecule has 0 saturated carbocycles. The van der Waals surface area contributed by atoms with E-state index in [0.717, 1.165) is 19.1 Å². The Bertz CT molecular complexity index is 1370. The van der Waals surface area contributed by atoms with Gasteiger partial charge in [-0.05, 0) is 6.07 Å². The molecule has 244 valence electrons. The zero-order chi connectivity index (χ0) is 32.3. The van der Waals surface area contributed by atoms with Crippen molar-refractivity contribution in [2.45, 2.75) is 68.3 Å². The Morgan fingerprint density at radius 2 is 1.40 bits per heavy atom. The first-order valence-electron chi connectivity index (χ1n) is 11.9. The number of nitro groups is 1. The molecule has 1 aromatic carbocycles. The second-order valence-electron chi connectivity index (χ2n) is 9.10. The fourth-order valence-corrected chi connectivity index (χ4v) is 4.76. The van der Waals surface area contributed by atoms with Gasteiger partial charge in [0.2, 0.25) is 33.0 Å². The zero-order valence-electron chi connectivity index (χ0n) is 23.7. The molecule has 2 heterocycles. The van der Waals surface area contributed by atoms with Gasteiger partial charge >= 0.3 is 64.8 Å². The van der Waals surface area contributed by atoms with Crippen molar-refractivity contribution < 1.29 is 143 Å². The second kappa shape index (κ2) is 17.7. The molecule has 0 aliphatic carbocycles. The summed E-state index contributed by atoms with van der Waals surface area (Å²) in [5.74, 6) is -1.27. The van der Waals surface area contributed by atoms with Crippen molar-refractivity contribution in [2.75, 3.05) is 13.2 Å². The van der Waals surface area contributed by atoms with Crippen LogP contribution in [0.25, 0.3) is 0 Å². The summed E-state index contributed by atoms with van der Waals surface area (Å²) >= 11 is 0. The van der Waals surface area contributed by atoms with Crippen LogP contribution in [0.1, 0.15) is 6.92 Å². The number of nitrogens with zero attached hydrogens (tertiary/aromatic N) is 1. The van der Waals surface area contributed by atoms with Crippen molar-refractivity contribution in [2.24, 2.45) is 0 Å². The average molecular weight is 709 g/mol. The minimum absolute atomic E-state index is 0. The molecular weight excluding hydrogens is 682 g/mol. The van der Waals surface area contributed by atoms with E-state index in [0.29, 0.717) is 0 Å². The van der Waals surface area contributed by atoms with Crippen LogP contribution in [0.2, 0.25) is 0 Å². The van der Waals surface area contributed by atoms with Gasteiger partial charge in [-0.1, -0.05) is 12.1 Å². The molecule has 0 bridgehead atoms. The predicted molar refractivity (Wildman–Crippen MR) is 129 cm³/mol.